The number of hydrazine groups is 1. The van der Waals surface area contributed by atoms with E-state index in [1.54, 1.807) is 31.4 Å². The molecule has 0 saturated heterocycles. The van der Waals surface area contributed by atoms with Crippen molar-refractivity contribution in [2.24, 2.45) is 0 Å². The first-order chi connectivity index (χ1) is 6.91. The molecule has 1 amide bonds. The minimum atomic E-state index is -0.148. The zero-order valence-electron chi connectivity index (χ0n) is 9.61. The maximum atomic E-state index is 11.8. The number of nitrogens with one attached hydrogen (secondary N) is 1. The summed E-state index contributed by atoms with van der Waals surface area (Å²) in [6, 6.07) is 1.89. The Balaban J connectivity index is 2.97. The molecule has 0 aromatic carbocycles. The molecule has 0 saturated carbocycles. The van der Waals surface area contributed by atoms with Crippen LogP contribution in [0.25, 0.3) is 0 Å². The van der Waals surface area contributed by atoms with Gasteiger partial charge in [-0.3, -0.25) is 10.2 Å². The van der Waals surface area contributed by atoms with Gasteiger partial charge in [-0.15, -0.1) is 0 Å². The lowest BCUT2D eigenvalue weighted by Crippen LogP contribution is -2.37. The fourth-order valence-corrected chi connectivity index (χ4v) is 1.37. The fraction of sp³-hybridized carbons (Fsp3) is 0.500. The molecule has 0 bridgehead atoms. The number of nitrogens with zero attached hydrogens (tertiary/aromatic N) is 2. The normalized spacial score (nSPS) is 11.1. The lowest BCUT2D eigenvalue weighted by molar-refractivity contribution is 0.0845. The Labute approximate surface area is 89.8 Å². The molecule has 1 aromatic rings. The second-order valence-corrected chi connectivity index (χ2v) is 4.00. The average Bonchev–Trinajstić information content (AvgIpc) is 2.46. The van der Waals surface area contributed by atoms with Crippen LogP contribution in [-0.2, 0) is 0 Å². The van der Waals surface area contributed by atoms with Crippen molar-refractivity contribution in [3.05, 3.63) is 18.0 Å². The van der Waals surface area contributed by atoms with Crippen LogP contribution < -0.4 is 11.2 Å². The second kappa shape index (κ2) is 4.35. The van der Waals surface area contributed by atoms with Crippen LogP contribution in [0.1, 0.15) is 30.4 Å². The van der Waals surface area contributed by atoms with Crippen molar-refractivity contribution in [2.75, 3.05) is 19.8 Å². The number of rotatable bonds is 3. The number of amides is 1. The first-order valence-electron chi connectivity index (χ1n) is 4.87. The molecule has 1 rings (SSSR count). The molecule has 0 spiro atoms. The highest BCUT2D eigenvalue weighted by atomic mass is 16.2. The number of carbonyl (C=O) groups is 1. The summed E-state index contributed by atoms with van der Waals surface area (Å²) in [6.45, 7) is 4.01. The van der Waals surface area contributed by atoms with Crippen LogP contribution in [0, 0.1) is 0 Å². The zero-order valence-corrected chi connectivity index (χ0v) is 9.61. The van der Waals surface area contributed by atoms with Gasteiger partial charge in [0.15, 0.2) is 0 Å². The van der Waals surface area contributed by atoms with Gasteiger partial charge >= 0.3 is 0 Å². The molecule has 84 valence electrons. The van der Waals surface area contributed by atoms with Crippen LogP contribution in [-0.4, -0.2) is 29.6 Å². The van der Waals surface area contributed by atoms with Crippen molar-refractivity contribution in [1.82, 2.24) is 15.0 Å². The summed E-state index contributed by atoms with van der Waals surface area (Å²) >= 11 is 0. The van der Waals surface area contributed by atoms with Gasteiger partial charge in [-0.25, -0.2) is 5.01 Å². The Morgan fingerprint density at radius 1 is 1.53 bits per heavy atom. The highest BCUT2D eigenvalue weighted by Gasteiger charge is 2.14. The number of hydrogen-bond acceptors (Lipinski definition) is 3. The molecular formula is C10H18N4O. The van der Waals surface area contributed by atoms with E-state index in [2.05, 4.69) is 5.43 Å². The molecule has 0 fully saturated rings. The summed E-state index contributed by atoms with van der Waals surface area (Å²) in [5, 5.41) is 1.61. The summed E-state index contributed by atoms with van der Waals surface area (Å²) in [5.41, 5.74) is 9.54. The van der Waals surface area contributed by atoms with Gasteiger partial charge < -0.3 is 10.3 Å². The van der Waals surface area contributed by atoms with Crippen molar-refractivity contribution in [1.29, 1.82) is 0 Å². The lowest BCUT2D eigenvalue weighted by atomic mass is 10.3. The fourth-order valence-electron chi connectivity index (χ4n) is 1.37. The Hall–Kier alpha value is -1.49. The van der Waals surface area contributed by atoms with Gasteiger partial charge in [-0.05, 0) is 19.9 Å². The molecule has 0 aliphatic rings. The van der Waals surface area contributed by atoms with Crippen molar-refractivity contribution in [2.45, 2.75) is 19.9 Å². The third kappa shape index (κ3) is 2.73. The molecule has 3 N–H and O–H groups in total. The van der Waals surface area contributed by atoms with E-state index in [1.807, 2.05) is 18.4 Å². The topological polar surface area (TPSA) is 63.3 Å². The maximum absolute atomic E-state index is 11.8. The Bertz CT molecular complexity index is 354. The van der Waals surface area contributed by atoms with Crippen LogP contribution in [0.2, 0.25) is 0 Å². The zero-order chi connectivity index (χ0) is 11.6. The van der Waals surface area contributed by atoms with Gasteiger partial charge in [0.2, 0.25) is 0 Å². The number of carbonyl (C=O) groups excluding carboxylic acids is 1. The molecule has 5 nitrogen and oxygen atoms in total. The molecule has 0 radical (unpaired) electrons. The van der Waals surface area contributed by atoms with Gasteiger partial charge in [0, 0.05) is 26.3 Å². The number of nitrogen functional groups attached to an aromatic ring is 1. The van der Waals surface area contributed by atoms with Gasteiger partial charge in [-0.1, -0.05) is 0 Å². The molecule has 0 aliphatic heterocycles. The standard InChI is InChI=1S/C10H18N4O/c1-7(2)14-6-8(11)5-9(14)10(15)12-13(3)4/h5-7H,11H2,1-4H3,(H,12,15). The first kappa shape index (κ1) is 11.6. The van der Waals surface area contributed by atoms with Crippen molar-refractivity contribution in [3.8, 4) is 0 Å². The van der Waals surface area contributed by atoms with Crippen LogP contribution >= 0.6 is 0 Å². The van der Waals surface area contributed by atoms with Gasteiger partial charge in [0.05, 0.1) is 5.69 Å². The third-order valence-electron chi connectivity index (χ3n) is 1.98. The van der Waals surface area contributed by atoms with Crippen LogP contribution in [0.15, 0.2) is 12.3 Å². The van der Waals surface area contributed by atoms with Crippen molar-refractivity contribution in [3.63, 3.8) is 0 Å². The predicted octanol–water partition coefficient (Wildman–Crippen LogP) is 0.858. The Morgan fingerprint density at radius 2 is 2.13 bits per heavy atom. The van der Waals surface area contributed by atoms with E-state index in [-0.39, 0.29) is 11.9 Å². The van der Waals surface area contributed by atoms with Crippen molar-refractivity contribution >= 4 is 11.6 Å². The van der Waals surface area contributed by atoms with Gasteiger partial charge in [0.25, 0.3) is 5.91 Å². The summed E-state index contributed by atoms with van der Waals surface area (Å²) in [5.74, 6) is -0.148. The number of aromatic nitrogens is 1. The van der Waals surface area contributed by atoms with E-state index in [4.69, 9.17) is 5.73 Å². The molecule has 5 heteroatoms. The van der Waals surface area contributed by atoms with E-state index in [0.29, 0.717) is 11.4 Å². The third-order valence-corrected chi connectivity index (χ3v) is 1.98. The average molecular weight is 210 g/mol. The first-order valence-corrected chi connectivity index (χ1v) is 4.87. The van der Waals surface area contributed by atoms with E-state index in [1.165, 1.54) is 0 Å². The molecular weight excluding hydrogens is 192 g/mol. The number of hydrogen-bond donors (Lipinski definition) is 2. The highest BCUT2D eigenvalue weighted by Crippen LogP contribution is 2.16. The van der Waals surface area contributed by atoms with Crippen LogP contribution in [0.5, 0.6) is 0 Å². The summed E-state index contributed by atoms with van der Waals surface area (Å²) in [4.78, 5) is 11.8. The quantitative estimate of drug-likeness (QED) is 0.727. The summed E-state index contributed by atoms with van der Waals surface area (Å²) in [7, 11) is 3.54. The predicted molar refractivity (Wildman–Crippen MR) is 60.4 cm³/mol. The molecule has 0 atom stereocenters. The smallest absolute Gasteiger partial charge is 0.282 e. The van der Waals surface area contributed by atoms with Crippen molar-refractivity contribution < 1.29 is 4.79 Å². The molecule has 1 heterocycles. The molecule has 1 aromatic heterocycles. The Morgan fingerprint density at radius 3 is 2.60 bits per heavy atom. The highest BCUT2D eigenvalue weighted by molar-refractivity contribution is 5.93. The largest absolute Gasteiger partial charge is 0.397 e. The lowest BCUT2D eigenvalue weighted by Gasteiger charge is -2.15. The van der Waals surface area contributed by atoms with E-state index < -0.39 is 0 Å². The monoisotopic (exact) mass is 210 g/mol. The maximum Gasteiger partial charge on any atom is 0.282 e. The minimum Gasteiger partial charge on any atom is -0.397 e. The molecule has 0 unspecified atom stereocenters. The van der Waals surface area contributed by atoms with Crippen LogP contribution in [0.4, 0.5) is 5.69 Å². The Kier molecular flexibility index (Phi) is 3.36. The number of anilines is 1. The summed E-state index contributed by atoms with van der Waals surface area (Å²) in [6.07, 6.45) is 1.77. The minimum absolute atomic E-state index is 0.148. The SMILES string of the molecule is CC(C)n1cc(N)cc1C(=O)NN(C)C. The van der Waals surface area contributed by atoms with Crippen LogP contribution in [0.3, 0.4) is 0 Å². The second-order valence-electron chi connectivity index (χ2n) is 4.00. The summed E-state index contributed by atoms with van der Waals surface area (Å²) < 4.78 is 1.86. The molecule has 15 heavy (non-hydrogen) atoms. The van der Waals surface area contributed by atoms with E-state index >= 15 is 0 Å². The van der Waals surface area contributed by atoms with E-state index in [0.717, 1.165) is 0 Å². The van der Waals surface area contributed by atoms with Gasteiger partial charge in [-0.2, -0.15) is 0 Å². The molecule has 0 aliphatic carbocycles. The number of nitrogens with two attached hydrogens (primary N) is 1. The van der Waals surface area contributed by atoms with E-state index in [9.17, 15) is 4.79 Å². The van der Waals surface area contributed by atoms with Gasteiger partial charge in [0.1, 0.15) is 5.69 Å².